The number of benzene rings is 1. The molecule has 1 aromatic carbocycles. The number of aryl methyl sites for hydroxylation is 2. The highest BCUT2D eigenvalue weighted by Crippen LogP contribution is 2.34. The quantitative estimate of drug-likeness (QED) is 0.798. The Labute approximate surface area is 124 Å². The average Bonchev–Trinajstić information content (AvgIpc) is 2.78. The van der Waals surface area contributed by atoms with Gasteiger partial charge in [0.1, 0.15) is 22.9 Å². The minimum atomic E-state index is 0.614. The molecule has 0 atom stereocenters. The fourth-order valence-electron chi connectivity index (χ4n) is 2.48. The second kappa shape index (κ2) is 5.13. The Balaban J connectivity index is 2.25. The van der Waals surface area contributed by atoms with Gasteiger partial charge in [-0.2, -0.15) is 0 Å². The standard InChI is InChI=1S/C17H19N3O/c1-4-21-14-7-5-11(2)9-13(14)16-17(18)20-10-12(3)6-8-15(20)19-16/h5-10H,4,18H2,1-3H3. The summed E-state index contributed by atoms with van der Waals surface area (Å²) in [7, 11) is 0. The van der Waals surface area contributed by atoms with Crippen LogP contribution in [0.25, 0.3) is 16.9 Å². The molecule has 0 aliphatic rings. The SMILES string of the molecule is CCOc1ccc(C)cc1-c1nc2ccc(C)cn2c1N. The maximum absolute atomic E-state index is 6.30. The van der Waals surface area contributed by atoms with E-state index in [4.69, 9.17) is 10.5 Å². The molecule has 21 heavy (non-hydrogen) atoms. The fourth-order valence-corrected chi connectivity index (χ4v) is 2.48. The lowest BCUT2D eigenvalue weighted by molar-refractivity contribution is 0.341. The van der Waals surface area contributed by atoms with Crippen LogP contribution in [0.4, 0.5) is 5.82 Å². The van der Waals surface area contributed by atoms with E-state index >= 15 is 0 Å². The third-order valence-corrected chi connectivity index (χ3v) is 3.49. The van der Waals surface area contributed by atoms with Gasteiger partial charge < -0.3 is 10.5 Å². The van der Waals surface area contributed by atoms with Crippen LogP contribution < -0.4 is 10.5 Å². The number of ether oxygens (including phenoxy) is 1. The molecule has 0 unspecified atom stereocenters. The van der Waals surface area contributed by atoms with E-state index in [2.05, 4.69) is 18.0 Å². The van der Waals surface area contributed by atoms with Crippen molar-refractivity contribution in [2.45, 2.75) is 20.8 Å². The van der Waals surface area contributed by atoms with Crippen molar-refractivity contribution in [1.82, 2.24) is 9.38 Å². The molecule has 0 saturated carbocycles. The number of pyridine rings is 1. The van der Waals surface area contributed by atoms with Gasteiger partial charge in [-0.25, -0.2) is 4.98 Å². The molecular formula is C17H19N3O. The van der Waals surface area contributed by atoms with Crippen molar-refractivity contribution in [3.05, 3.63) is 47.7 Å². The van der Waals surface area contributed by atoms with Crippen molar-refractivity contribution < 1.29 is 4.74 Å². The number of nitrogens with zero attached hydrogens (tertiary/aromatic N) is 2. The summed E-state index contributed by atoms with van der Waals surface area (Å²) in [4.78, 5) is 4.67. The molecule has 4 nitrogen and oxygen atoms in total. The smallest absolute Gasteiger partial charge is 0.139 e. The van der Waals surface area contributed by atoms with Crippen molar-refractivity contribution in [2.24, 2.45) is 0 Å². The third kappa shape index (κ3) is 2.33. The topological polar surface area (TPSA) is 52.5 Å². The van der Waals surface area contributed by atoms with Crippen LogP contribution in [0.3, 0.4) is 0 Å². The van der Waals surface area contributed by atoms with Gasteiger partial charge in [-0.15, -0.1) is 0 Å². The molecule has 0 aliphatic carbocycles. The summed E-state index contributed by atoms with van der Waals surface area (Å²) >= 11 is 0. The number of hydrogen-bond donors (Lipinski definition) is 1. The number of hydrogen-bond acceptors (Lipinski definition) is 3. The molecule has 2 aromatic heterocycles. The fraction of sp³-hybridized carbons (Fsp3) is 0.235. The van der Waals surface area contributed by atoms with Crippen molar-refractivity contribution in [2.75, 3.05) is 12.3 Å². The summed E-state index contributed by atoms with van der Waals surface area (Å²) < 4.78 is 7.64. The van der Waals surface area contributed by atoms with E-state index in [1.807, 2.05) is 48.7 Å². The molecule has 3 rings (SSSR count). The van der Waals surface area contributed by atoms with Crippen LogP contribution in [0.15, 0.2) is 36.5 Å². The Morgan fingerprint density at radius 3 is 2.67 bits per heavy atom. The van der Waals surface area contributed by atoms with Crippen molar-refractivity contribution in [3.63, 3.8) is 0 Å². The Morgan fingerprint density at radius 2 is 1.90 bits per heavy atom. The molecule has 0 amide bonds. The lowest BCUT2D eigenvalue weighted by Gasteiger charge is -2.10. The van der Waals surface area contributed by atoms with Gasteiger partial charge in [0.2, 0.25) is 0 Å². The largest absolute Gasteiger partial charge is 0.493 e. The normalized spacial score (nSPS) is 11.0. The Bertz CT molecular complexity index is 805. The number of nitrogen functional groups attached to an aromatic ring is 1. The molecule has 0 radical (unpaired) electrons. The summed E-state index contributed by atoms with van der Waals surface area (Å²) in [6, 6.07) is 10.1. The maximum Gasteiger partial charge on any atom is 0.139 e. The zero-order valence-corrected chi connectivity index (χ0v) is 12.6. The van der Waals surface area contributed by atoms with Crippen molar-refractivity contribution >= 4 is 11.5 Å². The minimum absolute atomic E-state index is 0.614. The molecule has 108 valence electrons. The second-order valence-corrected chi connectivity index (χ2v) is 5.21. The van der Waals surface area contributed by atoms with Gasteiger partial charge in [0.05, 0.1) is 6.61 Å². The van der Waals surface area contributed by atoms with Crippen LogP contribution in [0.1, 0.15) is 18.1 Å². The Hall–Kier alpha value is -2.49. The van der Waals surface area contributed by atoms with E-state index in [-0.39, 0.29) is 0 Å². The number of fused-ring (bicyclic) bond motifs is 1. The van der Waals surface area contributed by atoms with Gasteiger partial charge in [-0.05, 0) is 44.5 Å². The average molecular weight is 281 g/mol. The zero-order chi connectivity index (χ0) is 15.0. The first-order valence-corrected chi connectivity index (χ1v) is 7.08. The van der Waals surface area contributed by atoms with Gasteiger partial charge in [-0.3, -0.25) is 4.40 Å². The molecule has 0 fully saturated rings. The Kier molecular flexibility index (Phi) is 3.29. The summed E-state index contributed by atoms with van der Waals surface area (Å²) in [6.07, 6.45) is 2.00. The van der Waals surface area contributed by atoms with E-state index in [1.54, 1.807) is 0 Å². The highest BCUT2D eigenvalue weighted by molar-refractivity contribution is 5.79. The summed E-state index contributed by atoms with van der Waals surface area (Å²) in [6.45, 7) is 6.68. The summed E-state index contributed by atoms with van der Waals surface area (Å²) in [5.41, 5.74) is 11.2. The summed E-state index contributed by atoms with van der Waals surface area (Å²) in [5, 5.41) is 0. The van der Waals surface area contributed by atoms with Crippen LogP contribution >= 0.6 is 0 Å². The molecule has 2 N–H and O–H groups in total. The lowest BCUT2D eigenvalue weighted by atomic mass is 10.1. The van der Waals surface area contributed by atoms with Crippen LogP contribution in [-0.2, 0) is 0 Å². The number of anilines is 1. The second-order valence-electron chi connectivity index (χ2n) is 5.21. The van der Waals surface area contributed by atoms with Crippen molar-refractivity contribution in [1.29, 1.82) is 0 Å². The molecular weight excluding hydrogens is 262 g/mol. The first-order chi connectivity index (χ1) is 10.1. The van der Waals surface area contributed by atoms with E-state index < -0.39 is 0 Å². The van der Waals surface area contributed by atoms with Crippen molar-refractivity contribution in [3.8, 4) is 17.0 Å². The predicted molar refractivity (Wildman–Crippen MR) is 85.7 cm³/mol. The van der Waals surface area contributed by atoms with Crippen LogP contribution in [0, 0.1) is 13.8 Å². The van der Waals surface area contributed by atoms with E-state index in [1.165, 1.54) is 0 Å². The minimum Gasteiger partial charge on any atom is -0.493 e. The lowest BCUT2D eigenvalue weighted by Crippen LogP contribution is -1.98. The van der Waals surface area contributed by atoms with Crippen LogP contribution in [0.5, 0.6) is 5.75 Å². The molecule has 0 saturated heterocycles. The predicted octanol–water partition coefficient (Wildman–Crippen LogP) is 3.60. The monoisotopic (exact) mass is 281 g/mol. The number of imidazole rings is 1. The maximum atomic E-state index is 6.30. The molecule has 4 heteroatoms. The van der Waals surface area contributed by atoms with Gasteiger partial charge in [0.15, 0.2) is 0 Å². The molecule has 0 bridgehead atoms. The summed E-state index contributed by atoms with van der Waals surface area (Å²) in [5.74, 6) is 1.45. The van der Waals surface area contributed by atoms with Gasteiger partial charge in [0.25, 0.3) is 0 Å². The number of aromatic nitrogens is 2. The molecule has 2 heterocycles. The third-order valence-electron chi connectivity index (χ3n) is 3.49. The highest BCUT2D eigenvalue weighted by Gasteiger charge is 2.15. The van der Waals surface area contributed by atoms with Gasteiger partial charge in [-0.1, -0.05) is 17.7 Å². The number of nitrogens with two attached hydrogens (primary N) is 1. The van der Waals surface area contributed by atoms with E-state index in [0.29, 0.717) is 12.4 Å². The van der Waals surface area contributed by atoms with Crippen LogP contribution in [0.2, 0.25) is 0 Å². The first kappa shape index (κ1) is 13.5. The highest BCUT2D eigenvalue weighted by atomic mass is 16.5. The van der Waals surface area contributed by atoms with Gasteiger partial charge >= 0.3 is 0 Å². The van der Waals surface area contributed by atoms with E-state index in [9.17, 15) is 0 Å². The molecule has 3 aromatic rings. The molecule has 0 aliphatic heterocycles. The molecule has 0 spiro atoms. The Morgan fingerprint density at radius 1 is 1.14 bits per heavy atom. The zero-order valence-electron chi connectivity index (χ0n) is 12.6. The van der Waals surface area contributed by atoms with Gasteiger partial charge in [0, 0.05) is 11.8 Å². The number of rotatable bonds is 3. The first-order valence-electron chi connectivity index (χ1n) is 7.08. The van der Waals surface area contributed by atoms with Crippen LogP contribution in [-0.4, -0.2) is 16.0 Å². The van der Waals surface area contributed by atoms with E-state index in [0.717, 1.165) is 33.8 Å².